The number of aliphatic hydroxyl groups is 1. The van der Waals surface area contributed by atoms with E-state index in [9.17, 15) is 22.7 Å². The molecule has 8 nitrogen and oxygen atoms in total. The van der Waals surface area contributed by atoms with Gasteiger partial charge in [0.05, 0.1) is 37.4 Å². The second kappa shape index (κ2) is 10.8. The van der Waals surface area contributed by atoms with Crippen LogP contribution in [0.3, 0.4) is 0 Å². The molecule has 0 amide bonds. The van der Waals surface area contributed by atoms with Gasteiger partial charge in [-0.3, -0.25) is 4.68 Å². The molecule has 5 rings (SSSR count). The van der Waals surface area contributed by atoms with E-state index in [-0.39, 0.29) is 29.2 Å². The minimum absolute atomic E-state index is 0.0815. The predicted octanol–water partition coefficient (Wildman–Crippen LogP) is 5.40. The predicted molar refractivity (Wildman–Crippen MR) is 132 cm³/mol. The van der Waals surface area contributed by atoms with E-state index in [1.807, 2.05) is 12.1 Å². The van der Waals surface area contributed by atoms with Crippen LogP contribution >= 0.6 is 0 Å². The van der Waals surface area contributed by atoms with Gasteiger partial charge in [-0.15, -0.1) is 5.10 Å². The van der Waals surface area contributed by atoms with E-state index in [1.54, 1.807) is 30.8 Å². The fourth-order valence-electron chi connectivity index (χ4n) is 4.24. The Bertz CT molecular complexity index is 1430. The number of rotatable bonds is 10. The van der Waals surface area contributed by atoms with Gasteiger partial charge in [-0.25, -0.2) is 9.07 Å². The molecule has 0 radical (unpaired) electrons. The van der Waals surface area contributed by atoms with Gasteiger partial charge in [0, 0.05) is 12.1 Å². The van der Waals surface area contributed by atoms with E-state index in [0.29, 0.717) is 18.2 Å². The Kier molecular flexibility index (Phi) is 7.41. The van der Waals surface area contributed by atoms with E-state index in [4.69, 9.17) is 9.47 Å². The van der Waals surface area contributed by atoms with Gasteiger partial charge in [-0.2, -0.15) is 18.3 Å². The van der Waals surface area contributed by atoms with Gasteiger partial charge < -0.3 is 14.6 Å². The van der Waals surface area contributed by atoms with E-state index in [0.717, 1.165) is 35.2 Å². The number of hydrogen-bond acceptors (Lipinski definition) is 6. The molecule has 2 aromatic carbocycles. The summed E-state index contributed by atoms with van der Waals surface area (Å²) >= 11 is 0. The summed E-state index contributed by atoms with van der Waals surface area (Å²) in [5, 5.41) is 22.8. The van der Waals surface area contributed by atoms with Gasteiger partial charge in [0.25, 0.3) is 0 Å². The minimum Gasteiger partial charge on any atom is -0.497 e. The third kappa shape index (κ3) is 6.12. The molecule has 0 saturated heterocycles. The first-order valence-electron chi connectivity index (χ1n) is 12.4. The molecule has 1 aliphatic carbocycles. The minimum atomic E-state index is -4.78. The average molecular weight is 546 g/mol. The molecule has 2 atom stereocenters. The third-order valence-electron chi connectivity index (χ3n) is 6.60. The topological polar surface area (TPSA) is 87.2 Å². The highest BCUT2D eigenvalue weighted by molar-refractivity contribution is 5.45. The lowest BCUT2D eigenvalue weighted by Crippen LogP contribution is -2.14. The van der Waals surface area contributed by atoms with Crippen molar-refractivity contribution in [2.24, 2.45) is 5.92 Å². The second-order valence-corrected chi connectivity index (χ2v) is 9.58. The fourth-order valence-corrected chi connectivity index (χ4v) is 4.24. The zero-order valence-electron chi connectivity index (χ0n) is 21.3. The van der Waals surface area contributed by atoms with Crippen LogP contribution in [-0.2, 0) is 24.1 Å². The highest BCUT2D eigenvalue weighted by Gasteiger charge is 2.37. The molecule has 0 spiro atoms. The Morgan fingerprint density at radius 1 is 1.10 bits per heavy atom. The maximum absolute atomic E-state index is 14.4. The van der Waals surface area contributed by atoms with Crippen molar-refractivity contribution in [1.82, 2.24) is 24.8 Å². The van der Waals surface area contributed by atoms with Crippen molar-refractivity contribution in [3.05, 3.63) is 88.8 Å². The lowest BCUT2D eigenvalue weighted by atomic mass is 10.1. The van der Waals surface area contributed by atoms with Crippen LogP contribution in [0.4, 0.5) is 17.6 Å². The van der Waals surface area contributed by atoms with Crippen molar-refractivity contribution < 1.29 is 32.1 Å². The fraction of sp³-hybridized carbons (Fsp3) is 0.370. The van der Waals surface area contributed by atoms with Gasteiger partial charge in [-0.1, -0.05) is 17.3 Å². The number of ether oxygens (including phenoxy) is 2. The molecule has 206 valence electrons. The van der Waals surface area contributed by atoms with Crippen molar-refractivity contribution >= 4 is 0 Å². The van der Waals surface area contributed by atoms with E-state index < -0.39 is 29.9 Å². The number of halogens is 4. The Labute approximate surface area is 221 Å². The molecular formula is C27H27F4N5O3. The summed E-state index contributed by atoms with van der Waals surface area (Å²) in [6.45, 7) is 2.45. The Hall–Kier alpha value is -3.77. The molecule has 4 aromatic rings. The van der Waals surface area contributed by atoms with Crippen LogP contribution in [0.5, 0.6) is 5.75 Å². The second-order valence-electron chi connectivity index (χ2n) is 9.58. The summed E-state index contributed by atoms with van der Waals surface area (Å²) < 4.78 is 69.1. The Balaban J connectivity index is 1.48. The smallest absolute Gasteiger partial charge is 0.435 e. The molecule has 1 saturated carbocycles. The lowest BCUT2D eigenvalue weighted by molar-refractivity contribution is -0.141. The molecule has 1 fully saturated rings. The van der Waals surface area contributed by atoms with Crippen LogP contribution in [0.25, 0.3) is 5.69 Å². The SMILES string of the molecule is COc1ccc(CO[C@H](C)c2cc(F)ccc2-n2nc(C(F)(F)F)cc2C(O)c2cn(CC3CC3)nn2)cc1. The summed E-state index contributed by atoms with van der Waals surface area (Å²) in [7, 11) is 1.56. The summed E-state index contributed by atoms with van der Waals surface area (Å²) in [4.78, 5) is 0. The molecule has 1 unspecified atom stereocenters. The number of hydrogen-bond donors (Lipinski definition) is 1. The van der Waals surface area contributed by atoms with Crippen LogP contribution in [0.1, 0.15) is 60.2 Å². The number of alkyl halides is 3. The van der Waals surface area contributed by atoms with E-state index in [1.165, 1.54) is 18.3 Å². The van der Waals surface area contributed by atoms with Crippen LogP contribution < -0.4 is 4.74 Å². The first-order chi connectivity index (χ1) is 18.6. The Morgan fingerprint density at radius 3 is 2.51 bits per heavy atom. The zero-order valence-corrected chi connectivity index (χ0v) is 21.3. The largest absolute Gasteiger partial charge is 0.497 e. The van der Waals surface area contributed by atoms with Crippen molar-refractivity contribution in [2.45, 2.75) is 51.3 Å². The van der Waals surface area contributed by atoms with Crippen molar-refractivity contribution in [3.63, 3.8) is 0 Å². The maximum atomic E-state index is 14.4. The highest BCUT2D eigenvalue weighted by atomic mass is 19.4. The first-order valence-corrected chi connectivity index (χ1v) is 12.4. The molecule has 1 N–H and O–H groups in total. The third-order valence-corrected chi connectivity index (χ3v) is 6.60. The van der Waals surface area contributed by atoms with Gasteiger partial charge in [0.1, 0.15) is 23.4 Å². The Morgan fingerprint density at radius 2 is 1.85 bits per heavy atom. The average Bonchev–Trinajstić information content (AvgIpc) is 3.41. The number of aliphatic hydroxyl groups excluding tert-OH is 1. The van der Waals surface area contributed by atoms with Gasteiger partial charge >= 0.3 is 6.18 Å². The summed E-state index contributed by atoms with van der Waals surface area (Å²) in [5.74, 6) is 0.569. The monoisotopic (exact) mass is 545 g/mol. The number of benzene rings is 2. The summed E-state index contributed by atoms with van der Waals surface area (Å²) in [6.07, 6.45) is -3.41. The summed E-state index contributed by atoms with van der Waals surface area (Å²) in [5.41, 5.74) is -0.0952. The van der Waals surface area contributed by atoms with Crippen LogP contribution in [0.2, 0.25) is 0 Å². The van der Waals surface area contributed by atoms with Gasteiger partial charge in [0.15, 0.2) is 5.69 Å². The standard InChI is InChI=1S/C27H27F4N5O3/c1-16(39-15-18-5-8-20(38-2)9-6-18)21-11-19(28)7-10-23(21)36-24(12-25(33-36)27(29,30)31)26(37)22-14-35(34-32-22)13-17-3-4-17/h5-12,14,16-17,26,37H,3-4,13,15H2,1-2H3/t16-,26?/m1/s1. The molecule has 12 heteroatoms. The number of aromatic nitrogens is 5. The van der Waals surface area contributed by atoms with E-state index in [2.05, 4.69) is 15.4 Å². The summed E-state index contributed by atoms with van der Waals surface area (Å²) in [6, 6.07) is 11.5. The normalized spacial score (nSPS) is 15.4. The molecule has 0 bridgehead atoms. The van der Waals surface area contributed by atoms with Crippen molar-refractivity contribution in [1.29, 1.82) is 0 Å². The molecule has 0 aliphatic heterocycles. The maximum Gasteiger partial charge on any atom is 0.435 e. The highest BCUT2D eigenvalue weighted by Crippen LogP contribution is 2.35. The number of methoxy groups -OCH3 is 1. The first kappa shape index (κ1) is 26.8. The van der Waals surface area contributed by atoms with Crippen molar-refractivity contribution in [2.75, 3.05) is 7.11 Å². The molecule has 2 aromatic heterocycles. The lowest BCUT2D eigenvalue weighted by Gasteiger charge is -2.20. The number of nitrogens with zero attached hydrogens (tertiary/aromatic N) is 5. The van der Waals surface area contributed by atoms with Gasteiger partial charge in [0.2, 0.25) is 0 Å². The van der Waals surface area contributed by atoms with Crippen LogP contribution in [0.15, 0.2) is 54.7 Å². The molecular weight excluding hydrogens is 518 g/mol. The van der Waals surface area contributed by atoms with Crippen LogP contribution in [-0.4, -0.2) is 37.0 Å². The van der Waals surface area contributed by atoms with Crippen molar-refractivity contribution in [3.8, 4) is 11.4 Å². The van der Waals surface area contributed by atoms with Crippen LogP contribution in [0, 0.1) is 11.7 Å². The van der Waals surface area contributed by atoms with E-state index >= 15 is 0 Å². The zero-order chi connectivity index (χ0) is 27.7. The molecule has 2 heterocycles. The van der Waals surface area contributed by atoms with Gasteiger partial charge in [-0.05, 0) is 67.6 Å². The molecule has 39 heavy (non-hydrogen) atoms. The molecule has 1 aliphatic rings. The quantitative estimate of drug-likeness (QED) is 0.269.